The first-order valence-electron chi connectivity index (χ1n) is 13.8. The lowest BCUT2D eigenvalue weighted by molar-refractivity contribution is 0.0946. The summed E-state index contributed by atoms with van der Waals surface area (Å²) >= 11 is 6.53. The van der Waals surface area contributed by atoms with E-state index in [-0.39, 0.29) is 12.4 Å². The van der Waals surface area contributed by atoms with Gasteiger partial charge in [0, 0.05) is 51.5 Å². The zero-order valence-electron chi connectivity index (χ0n) is 22.7. The number of nitrogens with zero attached hydrogens (tertiary/aromatic N) is 4. The number of likely N-dealkylation sites (tertiary alicyclic amines) is 1. The van der Waals surface area contributed by atoms with Crippen LogP contribution in [0.5, 0.6) is 5.75 Å². The van der Waals surface area contributed by atoms with Gasteiger partial charge in [-0.05, 0) is 74.0 Å². The van der Waals surface area contributed by atoms with Gasteiger partial charge in [0.1, 0.15) is 24.0 Å². The monoisotopic (exact) mass is 587 g/mol. The first-order chi connectivity index (χ1) is 19.9. The third kappa shape index (κ3) is 7.69. The quantitative estimate of drug-likeness (QED) is 0.390. The van der Waals surface area contributed by atoms with Crippen LogP contribution in [0.15, 0.2) is 54.7 Å². The number of pyridine rings is 1. The number of nitrogens with one attached hydrogen (secondary N) is 1. The molecule has 7 nitrogen and oxygen atoms in total. The Morgan fingerprint density at radius 2 is 1.68 bits per heavy atom. The molecule has 3 aromatic rings. The molecule has 41 heavy (non-hydrogen) atoms. The van der Waals surface area contributed by atoms with E-state index in [2.05, 4.69) is 25.0 Å². The third-order valence-corrected chi connectivity index (χ3v) is 7.98. The number of hydrogen-bond donors (Lipinski definition) is 1. The number of piperazine rings is 1. The average molecular weight is 588 g/mol. The molecule has 3 heterocycles. The van der Waals surface area contributed by atoms with Gasteiger partial charge in [0.05, 0.1) is 10.6 Å². The molecule has 0 bridgehead atoms. The minimum atomic E-state index is -0.957. The minimum absolute atomic E-state index is 0.0556. The fourth-order valence-electron chi connectivity index (χ4n) is 5.35. The lowest BCUT2D eigenvalue weighted by Crippen LogP contribution is -2.53. The molecule has 2 aliphatic heterocycles. The molecular formula is C30H33ClF3N5O2. The van der Waals surface area contributed by atoms with Gasteiger partial charge in [0.15, 0.2) is 11.6 Å². The number of piperidine rings is 1. The van der Waals surface area contributed by atoms with Gasteiger partial charge in [0.2, 0.25) is 0 Å². The van der Waals surface area contributed by atoms with Crippen LogP contribution in [-0.4, -0.2) is 79.2 Å². The fourth-order valence-corrected chi connectivity index (χ4v) is 5.64. The van der Waals surface area contributed by atoms with Crippen LogP contribution >= 0.6 is 11.6 Å². The Labute approximate surface area is 242 Å². The normalized spacial score (nSPS) is 17.0. The Balaban J connectivity index is 1.04. The van der Waals surface area contributed by atoms with Crippen molar-refractivity contribution in [3.05, 3.63) is 88.3 Å². The van der Waals surface area contributed by atoms with Crippen LogP contribution in [0.3, 0.4) is 0 Å². The van der Waals surface area contributed by atoms with Crippen molar-refractivity contribution < 1.29 is 22.7 Å². The van der Waals surface area contributed by atoms with Crippen LogP contribution in [-0.2, 0) is 6.54 Å². The molecule has 1 amide bonds. The maximum absolute atomic E-state index is 13.4. The van der Waals surface area contributed by atoms with Crippen molar-refractivity contribution in [2.75, 3.05) is 57.3 Å². The van der Waals surface area contributed by atoms with Gasteiger partial charge in [-0.3, -0.25) is 14.6 Å². The first-order valence-corrected chi connectivity index (χ1v) is 14.2. The molecule has 2 aliphatic rings. The van der Waals surface area contributed by atoms with E-state index in [4.69, 9.17) is 16.3 Å². The molecule has 0 aliphatic carbocycles. The molecule has 5 rings (SSSR count). The minimum Gasteiger partial charge on any atom is -0.492 e. The smallest absolute Gasteiger partial charge is 0.253 e. The van der Waals surface area contributed by atoms with Crippen molar-refractivity contribution in [2.45, 2.75) is 25.4 Å². The van der Waals surface area contributed by atoms with E-state index in [9.17, 15) is 18.0 Å². The SMILES string of the molecule is O=C(NCc1ccc(F)c(F)c1)c1cnc(N2CCN(C3CCN(CCOc4ccc(F)cc4)CC3)CC2)c(Cl)c1. The Hall–Kier alpha value is -3.34. The highest BCUT2D eigenvalue weighted by Gasteiger charge is 2.28. The number of rotatable bonds is 9. The summed E-state index contributed by atoms with van der Waals surface area (Å²) in [5.41, 5.74) is 0.752. The van der Waals surface area contributed by atoms with E-state index in [1.54, 1.807) is 18.2 Å². The zero-order valence-corrected chi connectivity index (χ0v) is 23.4. The van der Waals surface area contributed by atoms with Crippen LogP contribution in [0, 0.1) is 17.5 Å². The van der Waals surface area contributed by atoms with Gasteiger partial charge >= 0.3 is 0 Å². The highest BCUT2D eigenvalue weighted by Crippen LogP contribution is 2.27. The average Bonchev–Trinajstić information content (AvgIpc) is 2.99. The molecule has 218 valence electrons. The number of halogens is 4. The van der Waals surface area contributed by atoms with Crippen molar-refractivity contribution in [1.82, 2.24) is 20.1 Å². The van der Waals surface area contributed by atoms with E-state index >= 15 is 0 Å². The van der Waals surface area contributed by atoms with Gasteiger partial charge in [-0.15, -0.1) is 0 Å². The summed E-state index contributed by atoms with van der Waals surface area (Å²) in [6.07, 6.45) is 3.69. The standard InChI is InChI=1S/C30H33ClF3N5O2/c31-26-18-22(30(40)36-19-21-1-6-27(33)28(34)17-21)20-35-29(26)39-13-11-38(12-14-39)24-7-9-37(10-8-24)15-16-41-25-4-2-23(32)3-5-25/h1-6,17-18,20,24H,7-16,19H2,(H,36,40). The predicted molar refractivity (Wildman–Crippen MR) is 152 cm³/mol. The lowest BCUT2D eigenvalue weighted by Gasteiger charge is -2.43. The van der Waals surface area contributed by atoms with E-state index in [0.29, 0.717) is 40.4 Å². The van der Waals surface area contributed by atoms with Crippen LogP contribution in [0.25, 0.3) is 0 Å². The second-order valence-electron chi connectivity index (χ2n) is 10.4. The molecule has 0 unspecified atom stereocenters. The number of hydrogen-bond acceptors (Lipinski definition) is 6. The molecule has 2 fully saturated rings. The lowest BCUT2D eigenvalue weighted by atomic mass is 10.0. The summed E-state index contributed by atoms with van der Waals surface area (Å²) in [5.74, 6) is -1.21. The van der Waals surface area contributed by atoms with Crippen LogP contribution < -0.4 is 15.0 Å². The maximum Gasteiger partial charge on any atom is 0.253 e. The van der Waals surface area contributed by atoms with Crippen molar-refractivity contribution >= 4 is 23.3 Å². The summed E-state index contributed by atoms with van der Waals surface area (Å²) in [6.45, 7) is 6.92. The molecule has 0 saturated carbocycles. The van der Waals surface area contributed by atoms with Gasteiger partial charge < -0.3 is 15.0 Å². The van der Waals surface area contributed by atoms with E-state index < -0.39 is 17.5 Å². The Morgan fingerprint density at radius 3 is 2.37 bits per heavy atom. The maximum atomic E-state index is 13.4. The van der Waals surface area contributed by atoms with Gasteiger partial charge in [0.25, 0.3) is 5.91 Å². The summed E-state index contributed by atoms with van der Waals surface area (Å²) in [5, 5.41) is 3.08. The van der Waals surface area contributed by atoms with Crippen molar-refractivity contribution in [3.63, 3.8) is 0 Å². The first kappa shape index (κ1) is 29.2. The summed E-state index contributed by atoms with van der Waals surface area (Å²) in [6, 6.07) is 11.7. The molecule has 0 spiro atoms. The third-order valence-electron chi connectivity index (χ3n) is 7.70. The largest absolute Gasteiger partial charge is 0.492 e. The zero-order chi connectivity index (χ0) is 28.8. The number of benzene rings is 2. The molecule has 2 saturated heterocycles. The number of aromatic nitrogens is 1. The van der Waals surface area contributed by atoms with Crippen molar-refractivity contribution in [2.24, 2.45) is 0 Å². The predicted octanol–water partition coefficient (Wildman–Crippen LogP) is 4.75. The van der Waals surface area contributed by atoms with E-state index in [1.165, 1.54) is 24.4 Å². The molecule has 0 radical (unpaired) electrons. The Kier molecular flexibility index (Phi) is 9.64. The second-order valence-corrected chi connectivity index (χ2v) is 10.8. The van der Waals surface area contributed by atoms with E-state index in [1.807, 2.05) is 0 Å². The number of carbonyl (C=O) groups excluding carboxylic acids is 1. The summed E-state index contributed by atoms with van der Waals surface area (Å²) in [4.78, 5) is 24.1. The fraction of sp³-hybridized carbons (Fsp3) is 0.400. The molecular weight excluding hydrogens is 555 g/mol. The van der Waals surface area contributed by atoms with Gasteiger partial charge in [-0.2, -0.15) is 0 Å². The molecule has 0 atom stereocenters. The van der Waals surface area contributed by atoms with Crippen LogP contribution in [0.4, 0.5) is 19.0 Å². The van der Waals surface area contributed by atoms with Gasteiger partial charge in [-0.25, -0.2) is 18.2 Å². The van der Waals surface area contributed by atoms with Crippen molar-refractivity contribution in [1.29, 1.82) is 0 Å². The Morgan fingerprint density at radius 1 is 0.951 bits per heavy atom. The van der Waals surface area contributed by atoms with Crippen LogP contribution in [0.1, 0.15) is 28.8 Å². The summed E-state index contributed by atoms with van der Waals surface area (Å²) in [7, 11) is 0. The second kappa shape index (κ2) is 13.5. The highest BCUT2D eigenvalue weighted by atomic mass is 35.5. The summed E-state index contributed by atoms with van der Waals surface area (Å²) < 4.78 is 45.3. The number of amides is 1. The molecule has 11 heteroatoms. The Bertz CT molecular complexity index is 1330. The topological polar surface area (TPSA) is 60.9 Å². The van der Waals surface area contributed by atoms with Gasteiger partial charge in [-0.1, -0.05) is 17.7 Å². The molecule has 1 aromatic heterocycles. The van der Waals surface area contributed by atoms with Crippen molar-refractivity contribution in [3.8, 4) is 5.75 Å². The number of carbonyl (C=O) groups is 1. The molecule has 1 N–H and O–H groups in total. The number of anilines is 1. The van der Waals surface area contributed by atoms with E-state index in [0.717, 1.165) is 70.8 Å². The number of ether oxygens (including phenoxy) is 1. The highest BCUT2D eigenvalue weighted by molar-refractivity contribution is 6.33. The van der Waals surface area contributed by atoms with Crippen LogP contribution in [0.2, 0.25) is 5.02 Å². The molecule has 2 aromatic carbocycles.